The third kappa shape index (κ3) is 2.74. The first-order chi connectivity index (χ1) is 11.7. The van der Waals surface area contributed by atoms with Crippen LogP contribution < -0.4 is 0 Å². The molecule has 0 amide bonds. The van der Waals surface area contributed by atoms with Crippen LogP contribution in [0.25, 0.3) is 0 Å². The van der Waals surface area contributed by atoms with Gasteiger partial charge in [-0.15, -0.1) is 0 Å². The molecule has 1 aromatic carbocycles. The first-order valence-electron chi connectivity index (χ1n) is 7.82. The molecule has 5 heteroatoms. The maximum absolute atomic E-state index is 12.1. The van der Waals surface area contributed by atoms with Crippen LogP contribution in [0, 0.1) is 6.92 Å². The lowest BCUT2D eigenvalue weighted by molar-refractivity contribution is -0.0360. The second-order valence-electron chi connectivity index (χ2n) is 5.84. The number of benzene rings is 1. The number of furan rings is 2. The van der Waals surface area contributed by atoms with E-state index in [-0.39, 0.29) is 5.97 Å². The van der Waals surface area contributed by atoms with Crippen molar-refractivity contribution in [3.8, 4) is 0 Å². The molecule has 0 bridgehead atoms. The quantitative estimate of drug-likeness (QED) is 0.663. The van der Waals surface area contributed by atoms with Gasteiger partial charge in [-0.1, -0.05) is 18.2 Å². The summed E-state index contributed by atoms with van der Waals surface area (Å²) in [5.41, 5.74) is 1.49. The van der Waals surface area contributed by atoms with Gasteiger partial charge in [0.1, 0.15) is 17.3 Å². The minimum absolute atomic E-state index is 0.296. The highest BCUT2D eigenvalue weighted by Crippen LogP contribution is 2.35. The molecule has 0 fully saturated rings. The largest absolute Gasteiger partial charge is 0.468 e. The second kappa shape index (κ2) is 6.02. The van der Waals surface area contributed by atoms with Gasteiger partial charge in [0, 0.05) is 5.56 Å². The predicted molar refractivity (Wildman–Crippen MR) is 86.0 cm³/mol. The number of esters is 1. The van der Waals surface area contributed by atoms with Crippen LogP contribution in [0.15, 0.2) is 63.6 Å². The van der Waals surface area contributed by atoms with Crippen molar-refractivity contribution in [2.75, 3.05) is 0 Å². The minimum Gasteiger partial charge on any atom is -0.468 e. The van der Waals surface area contributed by atoms with Crippen molar-refractivity contribution in [2.24, 2.45) is 0 Å². The van der Waals surface area contributed by atoms with Gasteiger partial charge in [0.05, 0.1) is 24.9 Å². The van der Waals surface area contributed by atoms with E-state index >= 15 is 0 Å². The smallest absolute Gasteiger partial charge is 0.340 e. The van der Waals surface area contributed by atoms with E-state index in [1.165, 1.54) is 0 Å². The predicted octanol–water partition coefficient (Wildman–Crippen LogP) is 4.05. The molecule has 1 atom stereocenters. The molecule has 0 saturated carbocycles. The summed E-state index contributed by atoms with van der Waals surface area (Å²) >= 11 is 0. The van der Waals surface area contributed by atoms with E-state index < -0.39 is 6.23 Å². The third-order valence-corrected chi connectivity index (χ3v) is 4.09. The van der Waals surface area contributed by atoms with Crippen molar-refractivity contribution in [3.63, 3.8) is 0 Å². The molecule has 1 unspecified atom stereocenters. The molecular weight excluding hydrogens is 306 g/mol. The van der Waals surface area contributed by atoms with E-state index in [2.05, 4.69) is 0 Å². The summed E-state index contributed by atoms with van der Waals surface area (Å²) in [7, 11) is 0. The minimum atomic E-state index is -0.454. The first-order valence-corrected chi connectivity index (χ1v) is 7.82. The fraction of sp³-hybridized carbons (Fsp3) is 0.211. The van der Waals surface area contributed by atoms with Gasteiger partial charge in [0.25, 0.3) is 0 Å². The van der Waals surface area contributed by atoms with Crippen LogP contribution in [0.5, 0.6) is 0 Å². The average molecular weight is 323 g/mol. The standard InChI is InChI=1S/C19H17NO4/c1-13-8-9-15(23-13)12-20(11-14-5-4-10-22-14)18-16-6-2-3-7-17(16)19(21)24-18/h2-10,18H,11-12H2,1H3. The molecule has 4 rings (SSSR count). The Hall–Kier alpha value is -2.79. The average Bonchev–Trinajstić information content (AvgIpc) is 3.29. The monoisotopic (exact) mass is 323 g/mol. The van der Waals surface area contributed by atoms with E-state index in [0.29, 0.717) is 18.7 Å². The highest BCUT2D eigenvalue weighted by atomic mass is 16.6. The van der Waals surface area contributed by atoms with Crippen LogP contribution in [0.1, 0.15) is 39.4 Å². The molecule has 5 nitrogen and oxygen atoms in total. The number of hydrogen-bond acceptors (Lipinski definition) is 5. The molecule has 1 aliphatic rings. The highest BCUT2D eigenvalue weighted by Gasteiger charge is 2.35. The number of fused-ring (bicyclic) bond motifs is 1. The molecule has 0 N–H and O–H groups in total. The Labute approximate surface area is 139 Å². The third-order valence-electron chi connectivity index (χ3n) is 4.09. The highest BCUT2D eigenvalue weighted by molar-refractivity contribution is 5.93. The van der Waals surface area contributed by atoms with Crippen LogP contribution in [0.2, 0.25) is 0 Å². The van der Waals surface area contributed by atoms with Crippen LogP contribution in [-0.2, 0) is 17.8 Å². The molecule has 24 heavy (non-hydrogen) atoms. The van der Waals surface area contributed by atoms with E-state index in [9.17, 15) is 4.79 Å². The van der Waals surface area contributed by atoms with Crippen molar-refractivity contribution in [1.82, 2.24) is 4.90 Å². The molecule has 0 aliphatic carbocycles. The molecule has 0 saturated heterocycles. The van der Waals surface area contributed by atoms with Crippen LogP contribution in [0.4, 0.5) is 0 Å². The Bertz CT molecular complexity index is 850. The fourth-order valence-corrected chi connectivity index (χ4v) is 2.99. The molecule has 1 aliphatic heterocycles. The summed E-state index contributed by atoms with van der Waals surface area (Å²) in [5.74, 6) is 2.18. The van der Waals surface area contributed by atoms with E-state index in [1.807, 2.05) is 54.3 Å². The van der Waals surface area contributed by atoms with E-state index in [1.54, 1.807) is 12.3 Å². The van der Waals surface area contributed by atoms with Crippen molar-refractivity contribution in [3.05, 3.63) is 83.2 Å². The summed E-state index contributed by atoms with van der Waals surface area (Å²) in [4.78, 5) is 14.2. The van der Waals surface area contributed by atoms with Gasteiger partial charge >= 0.3 is 5.97 Å². The van der Waals surface area contributed by atoms with Gasteiger partial charge in [0.15, 0.2) is 6.23 Å². The first kappa shape index (κ1) is 14.8. The number of nitrogens with zero attached hydrogens (tertiary/aromatic N) is 1. The summed E-state index contributed by atoms with van der Waals surface area (Å²) in [6.45, 7) is 2.94. The van der Waals surface area contributed by atoms with Gasteiger partial charge in [-0.2, -0.15) is 0 Å². The zero-order valence-electron chi connectivity index (χ0n) is 13.3. The van der Waals surface area contributed by atoms with Crippen LogP contribution >= 0.6 is 0 Å². The number of ether oxygens (including phenoxy) is 1. The van der Waals surface area contributed by atoms with Gasteiger partial charge < -0.3 is 13.6 Å². The summed E-state index contributed by atoms with van der Waals surface area (Å²) in [6.07, 6.45) is 1.18. The maximum Gasteiger partial charge on any atom is 0.340 e. The van der Waals surface area contributed by atoms with Gasteiger partial charge in [-0.25, -0.2) is 9.69 Å². The van der Waals surface area contributed by atoms with Crippen molar-refractivity contribution in [2.45, 2.75) is 26.2 Å². The number of cyclic esters (lactones) is 1. The fourth-order valence-electron chi connectivity index (χ4n) is 2.99. The Morgan fingerprint density at radius 3 is 2.58 bits per heavy atom. The lowest BCUT2D eigenvalue weighted by Gasteiger charge is -2.26. The summed E-state index contributed by atoms with van der Waals surface area (Å²) in [5, 5.41) is 0. The number of hydrogen-bond donors (Lipinski definition) is 0. The lowest BCUT2D eigenvalue weighted by atomic mass is 10.1. The zero-order valence-corrected chi connectivity index (χ0v) is 13.3. The molecule has 3 aromatic rings. The Morgan fingerprint density at radius 1 is 1.00 bits per heavy atom. The second-order valence-corrected chi connectivity index (χ2v) is 5.84. The SMILES string of the molecule is Cc1ccc(CN(Cc2ccco2)C2OC(=O)c3ccccc32)o1. The summed E-state index contributed by atoms with van der Waals surface area (Å²) < 4.78 is 16.8. The molecule has 0 radical (unpaired) electrons. The van der Waals surface area contributed by atoms with E-state index in [0.717, 1.165) is 22.8 Å². The van der Waals surface area contributed by atoms with Gasteiger partial charge in [-0.05, 0) is 37.3 Å². The maximum atomic E-state index is 12.1. The van der Waals surface area contributed by atoms with Crippen molar-refractivity contribution >= 4 is 5.97 Å². The number of carbonyl (C=O) groups excluding carboxylic acids is 1. The van der Waals surface area contributed by atoms with Gasteiger partial charge in [-0.3, -0.25) is 0 Å². The molecule has 2 aromatic heterocycles. The van der Waals surface area contributed by atoms with Gasteiger partial charge in [0.2, 0.25) is 0 Å². The Kier molecular flexibility index (Phi) is 3.70. The number of aryl methyl sites for hydroxylation is 1. The molecular formula is C19H17NO4. The number of rotatable bonds is 5. The Balaban J connectivity index is 1.66. The normalized spacial score (nSPS) is 16.4. The Morgan fingerprint density at radius 2 is 1.83 bits per heavy atom. The van der Waals surface area contributed by atoms with Crippen LogP contribution in [-0.4, -0.2) is 10.9 Å². The molecule has 3 heterocycles. The molecule has 122 valence electrons. The van der Waals surface area contributed by atoms with Crippen molar-refractivity contribution < 1.29 is 18.4 Å². The molecule has 0 spiro atoms. The van der Waals surface area contributed by atoms with E-state index in [4.69, 9.17) is 13.6 Å². The van der Waals surface area contributed by atoms with Crippen LogP contribution in [0.3, 0.4) is 0 Å². The number of carbonyl (C=O) groups is 1. The zero-order chi connectivity index (χ0) is 16.5. The summed E-state index contributed by atoms with van der Waals surface area (Å²) in [6, 6.07) is 15.1. The lowest BCUT2D eigenvalue weighted by Crippen LogP contribution is -2.28. The van der Waals surface area contributed by atoms with Crippen molar-refractivity contribution in [1.29, 1.82) is 0 Å². The topological polar surface area (TPSA) is 55.8 Å².